The van der Waals surface area contributed by atoms with Gasteiger partial charge in [-0.15, -0.1) is 11.8 Å². The van der Waals surface area contributed by atoms with Crippen LogP contribution in [0, 0.1) is 0 Å². The molecule has 2 aromatic carbocycles. The van der Waals surface area contributed by atoms with Crippen molar-refractivity contribution in [3.05, 3.63) is 59.1 Å². The van der Waals surface area contributed by atoms with Crippen LogP contribution in [0.25, 0.3) is 0 Å². The fourth-order valence-corrected chi connectivity index (χ4v) is 5.31. The topological polar surface area (TPSA) is 78.5 Å². The highest BCUT2D eigenvalue weighted by atomic mass is 35.5. The minimum Gasteiger partial charge on any atom is -0.324 e. The van der Waals surface area contributed by atoms with Gasteiger partial charge in [-0.3, -0.25) is 14.4 Å². The van der Waals surface area contributed by atoms with Gasteiger partial charge in [-0.05, 0) is 49.7 Å². The van der Waals surface area contributed by atoms with Crippen molar-refractivity contribution < 1.29 is 14.4 Å². The lowest BCUT2D eigenvalue weighted by molar-refractivity contribution is -0.135. The van der Waals surface area contributed by atoms with Crippen LogP contribution >= 0.6 is 23.4 Å². The number of carbonyl (C=O) groups excluding carboxylic acids is 3. The molecule has 2 N–H and O–H groups in total. The smallest absolute Gasteiger partial charge is 0.257 e. The van der Waals surface area contributed by atoms with E-state index in [4.69, 9.17) is 11.6 Å². The summed E-state index contributed by atoms with van der Waals surface area (Å²) >= 11 is 7.51. The van der Waals surface area contributed by atoms with Gasteiger partial charge < -0.3 is 15.5 Å². The van der Waals surface area contributed by atoms with Gasteiger partial charge in [-0.1, -0.05) is 23.7 Å². The minimum atomic E-state index is -0.535. The van der Waals surface area contributed by atoms with Crippen LogP contribution in [-0.4, -0.2) is 39.3 Å². The number of hydrogen-bond acceptors (Lipinski definition) is 4. The SMILES string of the molecule is CC12CCC(=O)N1C(C(=O)Nc1ccccc1C(=O)Nc1ccc(Cl)cc1)CS2. The normalized spacial score (nSPS) is 23.0. The fourth-order valence-electron chi connectivity index (χ4n) is 3.75. The number of amides is 3. The number of rotatable bonds is 4. The molecule has 0 radical (unpaired) electrons. The zero-order valence-electron chi connectivity index (χ0n) is 15.8. The lowest BCUT2D eigenvalue weighted by Gasteiger charge is -2.30. The fraction of sp³-hybridized carbons (Fsp3) is 0.286. The van der Waals surface area contributed by atoms with E-state index < -0.39 is 6.04 Å². The standard InChI is InChI=1S/C21H20ClN3O3S/c1-21-11-10-18(26)25(21)17(12-29-21)20(28)24-16-5-3-2-4-15(16)19(27)23-14-8-6-13(22)7-9-14/h2-9,17H,10-12H2,1H3,(H,23,27)(H,24,28). The Labute approximate surface area is 178 Å². The molecule has 6 nitrogen and oxygen atoms in total. The van der Waals surface area contributed by atoms with E-state index in [0.29, 0.717) is 34.1 Å². The highest BCUT2D eigenvalue weighted by Gasteiger charge is 2.52. The lowest BCUT2D eigenvalue weighted by Crippen LogP contribution is -2.48. The first-order valence-corrected chi connectivity index (χ1v) is 10.7. The van der Waals surface area contributed by atoms with Crippen molar-refractivity contribution in [2.75, 3.05) is 16.4 Å². The summed E-state index contributed by atoms with van der Waals surface area (Å²) in [5, 5.41) is 6.23. The summed E-state index contributed by atoms with van der Waals surface area (Å²) in [7, 11) is 0. The summed E-state index contributed by atoms with van der Waals surface area (Å²) < 4.78 is 0. The molecule has 0 aliphatic carbocycles. The van der Waals surface area contributed by atoms with Gasteiger partial charge >= 0.3 is 0 Å². The zero-order valence-corrected chi connectivity index (χ0v) is 17.3. The van der Waals surface area contributed by atoms with E-state index in [2.05, 4.69) is 10.6 Å². The third-order valence-corrected chi connectivity index (χ3v) is 7.04. The van der Waals surface area contributed by atoms with E-state index in [9.17, 15) is 14.4 Å². The molecular formula is C21H20ClN3O3S. The number of nitrogens with one attached hydrogen (secondary N) is 2. The van der Waals surface area contributed by atoms with Crippen molar-refractivity contribution in [2.24, 2.45) is 0 Å². The Morgan fingerprint density at radius 3 is 2.62 bits per heavy atom. The van der Waals surface area contributed by atoms with Crippen LogP contribution < -0.4 is 10.6 Å². The van der Waals surface area contributed by atoms with E-state index in [1.807, 2.05) is 6.92 Å². The highest BCUT2D eigenvalue weighted by molar-refractivity contribution is 8.01. The molecule has 2 atom stereocenters. The van der Waals surface area contributed by atoms with Gasteiger partial charge in [-0.25, -0.2) is 0 Å². The second kappa shape index (κ2) is 7.72. The maximum Gasteiger partial charge on any atom is 0.257 e. The van der Waals surface area contributed by atoms with E-state index in [-0.39, 0.29) is 22.6 Å². The third-order valence-electron chi connectivity index (χ3n) is 5.28. The van der Waals surface area contributed by atoms with E-state index >= 15 is 0 Å². The van der Waals surface area contributed by atoms with Crippen LogP contribution in [0.3, 0.4) is 0 Å². The van der Waals surface area contributed by atoms with Gasteiger partial charge in [0.25, 0.3) is 5.91 Å². The Bertz CT molecular complexity index is 981. The first-order valence-electron chi connectivity index (χ1n) is 9.30. The van der Waals surface area contributed by atoms with Gasteiger partial charge in [0.1, 0.15) is 6.04 Å². The monoisotopic (exact) mass is 429 g/mol. The second-order valence-electron chi connectivity index (χ2n) is 7.26. The predicted octanol–water partition coefficient (Wildman–Crippen LogP) is 3.98. The molecular weight excluding hydrogens is 410 g/mol. The quantitative estimate of drug-likeness (QED) is 0.770. The molecule has 2 aliphatic rings. The van der Waals surface area contributed by atoms with Crippen LogP contribution in [0.1, 0.15) is 30.1 Å². The van der Waals surface area contributed by atoms with Crippen molar-refractivity contribution in [3.8, 4) is 0 Å². The Balaban J connectivity index is 1.51. The van der Waals surface area contributed by atoms with Gasteiger partial charge in [0, 0.05) is 22.9 Å². The molecule has 3 amide bonds. The molecule has 0 aromatic heterocycles. The highest BCUT2D eigenvalue weighted by Crippen LogP contribution is 2.47. The molecule has 4 rings (SSSR count). The molecule has 2 saturated heterocycles. The largest absolute Gasteiger partial charge is 0.324 e. The summed E-state index contributed by atoms with van der Waals surface area (Å²) in [5.74, 6) is -0.0616. The molecule has 2 aliphatic heterocycles. The van der Waals surface area contributed by atoms with Crippen molar-refractivity contribution >= 4 is 52.5 Å². The maximum absolute atomic E-state index is 13.0. The molecule has 0 saturated carbocycles. The number of anilines is 2. The number of carbonyl (C=O) groups is 3. The predicted molar refractivity (Wildman–Crippen MR) is 115 cm³/mol. The maximum atomic E-state index is 13.0. The minimum absolute atomic E-state index is 0.00594. The van der Waals surface area contributed by atoms with Crippen LogP contribution in [0.2, 0.25) is 5.02 Å². The number of halogens is 1. The summed E-state index contributed by atoms with van der Waals surface area (Å²) in [6.45, 7) is 2.00. The number of fused-ring (bicyclic) bond motifs is 1. The summed E-state index contributed by atoms with van der Waals surface area (Å²) in [5.41, 5.74) is 1.36. The lowest BCUT2D eigenvalue weighted by atomic mass is 10.1. The zero-order chi connectivity index (χ0) is 20.6. The molecule has 2 heterocycles. The molecule has 2 unspecified atom stereocenters. The first-order chi connectivity index (χ1) is 13.9. The average Bonchev–Trinajstić information content (AvgIpc) is 3.20. The summed E-state index contributed by atoms with van der Waals surface area (Å²) in [6, 6.07) is 13.1. The van der Waals surface area contributed by atoms with E-state index in [0.717, 1.165) is 6.42 Å². The molecule has 2 aromatic rings. The first kappa shape index (κ1) is 19.8. The van der Waals surface area contributed by atoms with Crippen molar-refractivity contribution in [1.29, 1.82) is 0 Å². The second-order valence-corrected chi connectivity index (χ2v) is 9.20. The van der Waals surface area contributed by atoms with Crippen LogP contribution in [-0.2, 0) is 9.59 Å². The van der Waals surface area contributed by atoms with Crippen LogP contribution in [0.5, 0.6) is 0 Å². The number of para-hydroxylation sites is 1. The van der Waals surface area contributed by atoms with Gasteiger partial charge in [-0.2, -0.15) is 0 Å². The average molecular weight is 430 g/mol. The summed E-state index contributed by atoms with van der Waals surface area (Å²) in [4.78, 5) is 39.4. The van der Waals surface area contributed by atoms with Gasteiger partial charge in [0.05, 0.1) is 16.1 Å². The van der Waals surface area contributed by atoms with Crippen molar-refractivity contribution in [3.63, 3.8) is 0 Å². The number of thioether (sulfide) groups is 1. The molecule has 2 fully saturated rings. The van der Waals surface area contributed by atoms with Gasteiger partial charge in [0.15, 0.2) is 0 Å². The number of benzene rings is 2. The summed E-state index contributed by atoms with van der Waals surface area (Å²) in [6.07, 6.45) is 1.22. The molecule has 150 valence electrons. The van der Waals surface area contributed by atoms with E-state index in [1.165, 1.54) is 0 Å². The molecule has 8 heteroatoms. The van der Waals surface area contributed by atoms with Crippen LogP contribution in [0.15, 0.2) is 48.5 Å². The molecule has 0 bridgehead atoms. The Hall–Kier alpha value is -2.51. The van der Waals surface area contributed by atoms with Crippen LogP contribution in [0.4, 0.5) is 11.4 Å². The Morgan fingerprint density at radius 1 is 1.14 bits per heavy atom. The van der Waals surface area contributed by atoms with E-state index in [1.54, 1.807) is 65.2 Å². The Morgan fingerprint density at radius 2 is 1.86 bits per heavy atom. The van der Waals surface area contributed by atoms with Gasteiger partial charge in [0.2, 0.25) is 11.8 Å². The Kier molecular flexibility index (Phi) is 5.27. The molecule has 0 spiro atoms. The number of hydrogen-bond donors (Lipinski definition) is 2. The third kappa shape index (κ3) is 3.84. The van der Waals surface area contributed by atoms with Crippen molar-refractivity contribution in [1.82, 2.24) is 4.90 Å². The number of nitrogens with zero attached hydrogens (tertiary/aromatic N) is 1. The van der Waals surface area contributed by atoms with Crippen molar-refractivity contribution in [2.45, 2.75) is 30.7 Å². The molecule has 29 heavy (non-hydrogen) atoms.